The normalized spacial score (nSPS) is 25.6. The molecule has 1 aliphatic heterocycles. The van der Waals surface area contributed by atoms with Crippen LogP contribution >= 0.6 is 0 Å². The molecule has 1 heterocycles. The minimum absolute atomic E-state index is 0.113. The van der Waals surface area contributed by atoms with Gasteiger partial charge in [0.05, 0.1) is 12.7 Å². The lowest BCUT2D eigenvalue weighted by atomic mass is 9.90. The summed E-state index contributed by atoms with van der Waals surface area (Å²) < 4.78 is 5.62. The zero-order chi connectivity index (χ0) is 13.1. The van der Waals surface area contributed by atoms with Gasteiger partial charge < -0.3 is 10.5 Å². The van der Waals surface area contributed by atoms with Crippen molar-refractivity contribution in [2.75, 3.05) is 6.61 Å². The van der Waals surface area contributed by atoms with Gasteiger partial charge in [-0.25, -0.2) is 0 Å². The second-order valence-corrected chi connectivity index (χ2v) is 6.01. The van der Waals surface area contributed by atoms with E-state index in [1.807, 2.05) is 0 Å². The third-order valence-corrected chi connectivity index (χ3v) is 3.72. The molecule has 1 saturated heterocycles. The Balaban J connectivity index is 2.07. The quantitative estimate of drug-likeness (QED) is 0.886. The first-order valence-electron chi connectivity index (χ1n) is 7.02. The number of hydrogen-bond donors (Lipinski definition) is 1. The van der Waals surface area contributed by atoms with Crippen LogP contribution in [0.25, 0.3) is 0 Å². The molecule has 0 amide bonds. The van der Waals surface area contributed by atoms with Crippen molar-refractivity contribution in [3.05, 3.63) is 35.4 Å². The molecule has 2 N–H and O–H groups in total. The highest BCUT2D eigenvalue weighted by molar-refractivity contribution is 5.27. The van der Waals surface area contributed by atoms with Crippen LogP contribution in [0.1, 0.15) is 44.4 Å². The number of benzene rings is 1. The van der Waals surface area contributed by atoms with Crippen molar-refractivity contribution in [1.82, 2.24) is 0 Å². The van der Waals surface area contributed by atoms with Crippen LogP contribution in [-0.2, 0) is 11.2 Å². The summed E-state index contributed by atoms with van der Waals surface area (Å²) in [6, 6.07) is 8.86. The predicted molar refractivity (Wildman–Crippen MR) is 75.4 cm³/mol. The number of nitrogens with two attached hydrogens (primary N) is 1. The highest BCUT2D eigenvalue weighted by Crippen LogP contribution is 2.30. The molecule has 18 heavy (non-hydrogen) atoms. The highest BCUT2D eigenvalue weighted by Gasteiger charge is 2.28. The molecule has 0 saturated carbocycles. The smallest absolute Gasteiger partial charge is 0.0551 e. The molecule has 1 aromatic rings. The first-order valence-corrected chi connectivity index (χ1v) is 7.02. The summed E-state index contributed by atoms with van der Waals surface area (Å²) in [6.07, 6.45) is 2.56. The summed E-state index contributed by atoms with van der Waals surface area (Å²) in [4.78, 5) is 0. The molecular weight excluding hydrogens is 222 g/mol. The van der Waals surface area contributed by atoms with Gasteiger partial charge in [0, 0.05) is 12.0 Å². The molecule has 2 heteroatoms. The molecule has 1 aromatic carbocycles. The summed E-state index contributed by atoms with van der Waals surface area (Å²) in [5, 5.41) is 0. The van der Waals surface area contributed by atoms with Gasteiger partial charge in [0.15, 0.2) is 0 Å². The van der Waals surface area contributed by atoms with Crippen molar-refractivity contribution in [2.45, 2.75) is 45.8 Å². The van der Waals surface area contributed by atoms with E-state index in [2.05, 4.69) is 45.0 Å². The van der Waals surface area contributed by atoms with E-state index in [9.17, 15) is 0 Å². The van der Waals surface area contributed by atoms with E-state index >= 15 is 0 Å². The fraction of sp³-hybridized carbons (Fsp3) is 0.625. The van der Waals surface area contributed by atoms with Gasteiger partial charge in [0.2, 0.25) is 0 Å². The van der Waals surface area contributed by atoms with Crippen LogP contribution in [0.5, 0.6) is 0 Å². The van der Waals surface area contributed by atoms with E-state index < -0.39 is 0 Å². The Kier molecular flexibility index (Phi) is 4.41. The standard InChI is InChI=1S/C16H25NO/c1-11(2)7-13-5-4-6-14(9-13)16(17)15-8-12(3)18-10-15/h4-6,9,11-12,15-16H,7-8,10,17H2,1-3H3. The molecule has 0 spiro atoms. The molecule has 0 radical (unpaired) electrons. The van der Waals surface area contributed by atoms with Crippen molar-refractivity contribution in [3.8, 4) is 0 Å². The van der Waals surface area contributed by atoms with Crippen molar-refractivity contribution in [2.24, 2.45) is 17.6 Å². The molecule has 2 nitrogen and oxygen atoms in total. The summed E-state index contributed by atoms with van der Waals surface area (Å²) in [6.45, 7) is 7.43. The van der Waals surface area contributed by atoms with E-state index in [0.717, 1.165) is 19.4 Å². The SMILES string of the molecule is CC(C)Cc1cccc(C(N)C2COC(C)C2)c1. The molecule has 0 bridgehead atoms. The van der Waals surface area contributed by atoms with Crippen molar-refractivity contribution >= 4 is 0 Å². The first-order chi connectivity index (χ1) is 8.56. The third kappa shape index (κ3) is 3.33. The Morgan fingerprint density at radius 1 is 1.39 bits per heavy atom. The van der Waals surface area contributed by atoms with Gasteiger partial charge in [-0.3, -0.25) is 0 Å². The lowest BCUT2D eigenvalue weighted by Crippen LogP contribution is -2.22. The minimum atomic E-state index is 0.113. The van der Waals surface area contributed by atoms with E-state index in [-0.39, 0.29) is 6.04 Å². The molecule has 3 atom stereocenters. The summed E-state index contributed by atoms with van der Waals surface area (Å²) >= 11 is 0. The van der Waals surface area contributed by atoms with Gasteiger partial charge in [-0.1, -0.05) is 38.1 Å². The molecule has 0 aliphatic carbocycles. The first kappa shape index (κ1) is 13.6. The molecular formula is C16H25NO. The Hall–Kier alpha value is -0.860. The summed E-state index contributed by atoms with van der Waals surface area (Å²) in [5.41, 5.74) is 9.04. The van der Waals surface area contributed by atoms with Crippen molar-refractivity contribution in [1.29, 1.82) is 0 Å². The molecule has 100 valence electrons. The topological polar surface area (TPSA) is 35.2 Å². The molecule has 2 rings (SSSR count). The average molecular weight is 247 g/mol. The fourth-order valence-electron chi connectivity index (χ4n) is 2.77. The number of hydrogen-bond acceptors (Lipinski definition) is 2. The Morgan fingerprint density at radius 3 is 2.78 bits per heavy atom. The van der Waals surface area contributed by atoms with Crippen LogP contribution in [0.2, 0.25) is 0 Å². The predicted octanol–water partition coefficient (Wildman–Crippen LogP) is 3.31. The fourth-order valence-corrected chi connectivity index (χ4v) is 2.77. The van der Waals surface area contributed by atoms with Crippen molar-refractivity contribution < 1.29 is 4.74 Å². The summed E-state index contributed by atoms with van der Waals surface area (Å²) in [5.74, 6) is 1.15. The lowest BCUT2D eigenvalue weighted by Gasteiger charge is -2.19. The van der Waals surface area contributed by atoms with E-state index in [1.54, 1.807) is 0 Å². The van der Waals surface area contributed by atoms with Crippen LogP contribution in [0, 0.1) is 11.8 Å². The van der Waals surface area contributed by atoms with Gasteiger partial charge >= 0.3 is 0 Å². The monoisotopic (exact) mass is 247 g/mol. The Labute approximate surface area is 111 Å². The second-order valence-electron chi connectivity index (χ2n) is 6.01. The number of rotatable bonds is 4. The van der Waals surface area contributed by atoms with Gasteiger partial charge in [-0.2, -0.15) is 0 Å². The average Bonchev–Trinajstić information content (AvgIpc) is 2.74. The van der Waals surface area contributed by atoms with Crippen molar-refractivity contribution in [3.63, 3.8) is 0 Å². The van der Waals surface area contributed by atoms with Gasteiger partial charge in [-0.05, 0) is 36.8 Å². The van der Waals surface area contributed by atoms with Crippen LogP contribution in [0.15, 0.2) is 24.3 Å². The third-order valence-electron chi connectivity index (χ3n) is 3.72. The van der Waals surface area contributed by atoms with E-state index in [4.69, 9.17) is 10.5 Å². The lowest BCUT2D eigenvalue weighted by molar-refractivity contribution is 0.118. The number of ether oxygens (including phenoxy) is 1. The maximum absolute atomic E-state index is 6.38. The molecule has 0 aromatic heterocycles. The largest absolute Gasteiger partial charge is 0.378 e. The van der Waals surface area contributed by atoms with E-state index in [1.165, 1.54) is 11.1 Å². The van der Waals surface area contributed by atoms with Crippen LogP contribution in [0.4, 0.5) is 0 Å². The maximum atomic E-state index is 6.38. The van der Waals surface area contributed by atoms with Crippen LogP contribution < -0.4 is 5.73 Å². The van der Waals surface area contributed by atoms with Crippen LogP contribution in [0.3, 0.4) is 0 Å². The minimum Gasteiger partial charge on any atom is -0.378 e. The van der Waals surface area contributed by atoms with Gasteiger partial charge in [-0.15, -0.1) is 0 Å². The van der Waals surface area contributed by atoms with Crippen LogP contribution in [-0.4, -0.2) is 12.7 Å². The van der Waals surface area contributed by atoms with Gasteiger partial charge in [0.25, 0.3) is 0 Å². The Bertz CT molecular complexity index is 388. The molecule has 3 unspecified atom stereocenters. The second kappa shape index (κ2) is 5.85. The van der Waals surface area contributed by atoms with Gasteiger partial charge in [0.1, 0.15) is 0 Å². The highest BCUT2D eigenvalue weighted by atomic mass is 16.5. The zero-order valence-corrected chi connectivity index (χ0v) is 11.7. The zero-order valence-electron chi connectivity index (χ0n) is 11.7. The van der Waals surface area contributed by atoms with E-state index in [0.29, 0.717) is 17.9 Å². The maximum Gasteiger partial charge on any atom is 0.0551 e. The molecule has 1 aliphatic rings. The Morgan fingerprint density at radius 2 is 2.17 bits per heavy atom. The molecule has 1 fully saturated rings. The summed E-state index contributed by atoms with van der Waals surface area (Å²) in [7, 11) is 0.